The zero-order chi connectivity index (χ0) is 21.8. The first-order valence-corrected chi connectivity index (χ1v) is 10.1. The van der Waals surface area contributed by atoms with Crippen molar-refractivity contribution < 1.29 is 9.18 Å². The average molecular weight is 415 g/mol. The maximum Gasteiger partial charge on any atom is 0.274 e. The predicted octanol–water partition coefficient (Wildman–Crippen LogP) is 4.52. The number of carbonyl (C=O) groups excluding carboxylic acids is 1. The minimum atomic E-state index is -0.361. The van der Waals surface area contributed by atoms with Crippen LogP contribution >= 0.6 is 0 Å². The Kier molecular flexibility index (Phi) is 5.84. The summed E-state index contributed by atoms with van der Waals surface area (Å²) < 4.78 is 14.9. The van der Waals surface area contributed by atoms with Gasteiger partial charge >= 0.3 is 0 Å². The molecule has 1 amide bonds. The standard InChI is InChI=1S/C24H22FN5O/c1-3-17-4-10-21(11-5-17)30-23(19-12-14-26-15-13-19)22(28-29-30)24(31)27-16(2)18-6-8-20(25)9-7-18/h4-16H,3H2,1-2H3,(H,27,31)/t16-/m0/s1. The highest BCUT2D eigenvalue weighted by Crippen LogP contribution is 2.26. The van der Waals surface area contributed by atoms with Crippen LogP contribution in [0.2, 0.25) is 0 Å². The summed E-state index contributed by atoms with van der Waals surface area (Å²) in [5.74, 6) is -0.681. The summed E-state index contributed by atoms with van der Waals surface area (Å²) in [7, 11) is 0. The summed E-state index contributed by atoms with van der Waals surface area (Å²) in [6, 6.07) is 17.3. The predicted molar refractivity (Wildman–Crippen MR) is 116 cm³/mol. The van der Waals surface area contributed by atoms with Crippen molar-refractivity contribution in [1.29, 1.82) is 0 Å². The Bertz CT molecular complexity index is 1170. The minimum Gasteiger partial charge on any atom is -0.344 e. The van der Waals surface area contributed by atoms with Crippen LogP contribution in [0.1, 0.15) is 41.5 Å². The number of hydrogen-bond acceptors (Lipinski definition) is 4. The zero-order valence-corrected chi connectivity index (χ0v) is 17.3. The molecule has 31 heavy (non-hydrogen) atoms. The molecule has 2 heterocycles. The van der Waals surface area contributed by atoms with Crippen molar-refractivity contribution in [3.63, 3.8) is 0 Å². The highest BCUT2D eigenvalue weighted by molar-refractivity contribution is 5.98. The highest BCUT2D eigenvalue weighted by atomic mass is 19.1. The normalized spacial score (nSPS) is 11.8. The second-order valence-corrected chi connectivity index (χ2v) is 7.20. The van der Waals surface area contributed by atoms with Crippen LogP contribution in [0, 0.1) is 5.82 Å². The molecule has 0 aliphatic rings. The van der Waals surface area contributed by atoms with Crippen LogP contribution in [0.4, 0.5) is 4.39 Å². The summed E-state index contributed by atoms with van der Waals surface area (Å²) >= 11 is 0. The molecule has 0 fully saturated rings. The van der Waals surface area contributed by atoms with E-state index in [-0.39, 0.29) is 23.5 Å². The van der Waals surface area contributed by atoms with Gasteiger partial charge in [0.1, 0.15) is 11.5 Å². The molecule has 0 spiro atoms. The Morgan fingerprint density at radius 3 is 2.35 bits per heavy atom. The Morgan fingerprint density at radius 1 is 1.03 bits per heavy atom. The van der Waals surface area contributed by atoms with Gasteiger partial charge in [-0.3, -0.25) is 9.78 Å². The van der Waals surface area contributed by atoms with Crippen LogP contribution in [0.5, 0.6) is 0 Å². The van der Waals surface area contributed by atoms with E-state index in [1.807, 2.05) is 43.3 Å². The first-order valence-electron chi connectivity index (χ1n) is 10.1. The average Bonchev–Trinajstić information content (AvgIpc) is 3.25. The number of nitrogens with one attached hydrogen (secondary N) is 1. The topological polar surface area (TPSA) is 72.7 Å². The lowest BCUT2D eigenvalue weighted by Crippen LogP contribution is -2.27. The molecule has 1 N–H and O–H groups in total. The van der Waals surface area contributed by atoms with E-state index < -0.39 is 0 Å². The van der Waals surface area contributed by atoms with Gasteiger partial charge < -0.3 is 5.32 Å². The van der Waals surface area contributed by atoms with Gasteiger partial charge in [-0.1, -0.05) is 36.4 Å². The number of aromatic nitrogens is 4. The molecule has 0 aliphatic carbocycles. The number of pyridine rings is 1. The molecule has 0 saturated heterocycles. The van der Waals surface area contributed by atoms with Gasteiger partial charge in [0.05, 0.1) is 11.7 Å². The van der Waals surface area contributed by atoms with Crippen molar-refractivity contribution in [1.82, 2.24) is 25.3 Å². The van der Waals surface area contributed by atoms with Crippen LogP contribution in [0.3, 0.4) is 0 Å². The molecule has 1 atom stereocenters. The number of rotatable bonds is 6. The fourth-order valence-electron chi connectivity index (χ4n) is 3.36. The molecule has 0 saturated carbocycles. The third kappa shape index (κ3) is 4.35. The summed E-state index contributed by atoms with van der Waals surface area (Å²) in [5, 5.41) is 11.4. The molecule has 2 aromatic carbocycles. The lowest BCUT2D eigenvalue weighted by molar-refractivity contribution is 0.0935. The third-order valence-corrected chi connectivity index (χ3v) is 5.15. The Hall–Kier alpha value is -3.87. The van der Waals surface area contributed by atoms with Crippen LogP contribution in [-0.4, -0.2) is 25.9 Å². The fourth-order valence-corrected chi connectivity index (χ4v) is 3.36. The molecule has 0 unspecified atom stereocenters. The molecular weight excluding hydrogens is 393 g/mol. The van der Waals surface area contributed by atoms with Gasteiger partial charge in [0.2, 0.25) is 0 Å². The van der Waals surface area contributed by atoms with E-state index in [2.05, 4.69) is 27.5 Å². The fraction of sp³-hybridized carbons (Fsp3) is 0.167. The maximum absolute atomic E-state index is 13.2. The monoisotopic (exact) mass is 415 g/mol. The number of carbonyl (C=O) groups is 1. The lowest BCUT2D eigenvalue weighted by atomic mass is 10.1. The number of nitrogens with zero attached hydrogens (tertiary/aromatic N) is 4. The highest BCUT2D eigenvalue weighted by Gasteiger charge is 2.23. The largest absolute Gasteiger partial charge is 0.344 e. The van der Waals surface area contributed by atoms with Gasteiger partial charge in [0.25, 0.3) is 5.91 Å². The van der Waals surface area contributed by atoms with E-state index in [4.69, 9.17) is 0 Å². The van der Waals surface area contributed by atoms with Crippen molar-refractivity contribution in [2.45, 2.75) is 26.3 Å². The summed E-state index contributed by atoms with van der Waals surface area (Å²) in [6.07, 6.45) is 4.26. The van der Waals surface area contributed by atoms with E-state index >= 15 is 0 Å². The zero-order valence-electron chi connectivity index (χ0n) is 17.3. The SMILES string of the molecule is CCc1ccc(-n2nnc(C(=O)N[C@@H](C)c3ccc(F)cc3)c2-c2ccncc2)cc1. The molecular formula is C24H22FN5O. The first-order chi connectivity index (χ1) is 15.1. The lowest BCUT2D eigenvalue weighted by Gasteiger charge is -2.14. The van der Waals surface area contributed by atoms with E-state index in [0.717, 1.165) is 23.2 Å². The van der Waals surface area contributed by atoms with Crippen molar-refractivity contribution >= 4 is 5.91 Å². The van der Waals surface area contributed by atoms with Crippen LogP contribution in [0.25, 0.3) is 16.9 Å². The van der Waals surface area contributed by atoms with Gasteiger partial charge in [-0.25, -0.2) is 9.07 Å². The number of amides is 1. The summed E-state index contributed by atoms with van der Waals surface area (Å²) in [6.45, 7) is 3.93. The van der Waals surface area contributed by atoms with Crippen LogP contribution in [-0.2, 0) is 6.42 Å². The van der Waals surface area contributed by atoms with Crippen LogP contribution in [0.15, 0.2) is 73.1 Å². The molecule has 4 rings (SSSR count). The Balaban J connectivity index is 1.70. The Labute approximate surface area is 179 Å². The van der Waals surface area contributed by atoms with Gasteiger partial charge in [-0.05, 0) is 60.9 Å². The van der Waals surface area contributed by atoms with E-state index in [1.165, 1.54) is 17.7 Å². The van der Waals surface area contributed by atoms with Gasteiger partial charge in [0.15, 0.2) is 5.69 Å². The van der Waals surface area contributed by atoms with Crippen molar-refractivity contribution in [2.24, 2.45) is 0 Å². The number of aryl methyl sites for hydroxylation is 1. The third-order valence-electron chi connectivity index (χ3n) is 5.15. The molecule has 0 bridgehead atoms. The van der Waals surface area contributed by atoms with Gasteiger partial charge in [0, 0.05) is 18.0 Å². The Morgan fingerprint density at radius 2 is 1.71 bits per heavy atom. The molecule has 6 nitrogen and oxygen atoms in total. The van der Waals surface area contributed by atoms with Crippen LogP contribution < -0.4 is 5.32 Å². The van der Waals surface area contributed by atoms with Gasteiger partial charge in [-0.15, -0.1) is 5.10 Å². The number of benzene rings is 2. The van der Waals surface area contributed by atoms with Crippen molar-refractivity contribution in [2.75, 3.05) is 0 Å². The van der Waals surface area contributed by atoms with Gasteiger partial charge in [-0.2, -0.15) is 0 Å². The van der Waals surface area contributed by atoms with Crippen molar-refractivity contribution in [3.8, 4) is 16.9 Å². The molecule has 7 heteroatoms. The second kappa shape index (κ2) is 8.87. The smallest absolute Gasteiger partial charge is 0.274 e. The molecule has 0 radical (unpaired) electrons. The molecule has 0 aliphatic heterocycles. The molecule has 2 aromatic heterocycles. The van der Waals surface area contributed by atoms with E-state index in [9.17, 15) is 9.18 Å². The first kappa shape index (κ1) is 20.4. The molecule has 156 valence electrons. The van der Waals surface area contributed by atoms with E-state index in [0.29, 0.717) is 5.69 Å². The number of halogens is 1. The minimum absolute atomic E-state index is 0.208. The number of hydrogen-bond donors (Lipinski definition) is 1. The summed E-state index contributed by atoms with van der Waals surface area (Å²) in [4.78, 5) is 17.2. The molecule has 4 aromatic rings. The second-order valence-electron chi connectivity index (χ2n) is 7.20. The summed E-state index contributed by atoms with van der Waals surface area (Å²) in [5.41, 5.74) is 4.37. The quantitative estimate of drug-likeness (QED) is 0.502. The van der Waals surface area contributed by atoms with E-state index in [1.54, 1.807) is 29.2 Å². The van der Waals surface area contributed by atoms with Crippen molar-refractivity contribution in [3.05, 3.63) is 95.7 Å². The maximum atomic E-state index is 13.2.